The number of allylic oxidation sites excluding steroid dienone is 2. The van der Waals surface area contributed by atoms with Gasteiger partial charge in [0.2, 0.25) is 0 Å². The van der Waals surface area contributed by atoms with Gasteiger partial charge < -0.3 is 24.6 Å². The van der Waals surface area contributed by atoms with Crippen molar-refractivity contribution in [2.75, 3.05) is 26.2 Å². The summed E-state index contributed by atoms with van der Waals surface area (Å²) in [7, 11) is 0. The van der Waals surface area contributed by atoms with Crippen LogP contribution in [0.1, 0.15) is 130 Å². The van der Waals surface area contributed by atoms with Crippen LogP contribution < -0.4 is 5.11 Å². The zero-order valence-corrected chi connectivity index (χ0v) is 25.5. The van der Waals surface area contributed by atoms with E-state index in [9.17, 15) is 29.7 Å². The number of hydrogen-bond acceptors (Lipinski definition) is 4. The lowest BCUT2D eigenvalue weighted by Crippen LogP contribution is -2.58. The first-order valence-electron chi connectivity index (χ1n) is 15.7. The van der Waals surface area contributed by atoms with E-state index in [1.165, 1.54) is 70.6 Å². The minimum Gasteiger partial charge on any atom is -0.550 e. The number of carboxylic acids is 3. The Kier molecular flexibility index (Phi) is 21.8. The van der Waals surface area contributed by atoms with Crippen molar-refractivity contribution in [1.82, 2.24) is 0 Å². The molecule has 0 aromatic carbocycles. The number of aliphatic carboxylic acids is 3. The fourth-order valence-corrected chi connectivity index (χ4v) is 5.52. The van der Waals surface area contributed by atoms with Crippen molar-refractivity contribution in [3.05, 3.63) is 12.2 Å². The predicted octanol–water partition coefficient (Wildman–Crippen LogP) is 6.45. The molecule has 3 unspecified atom stereocenters. The number of quaternary nitrogens is 1. The molecule has 2 N–H and O–H groups in total. The monoisotopic (exact) mass is 553 g/mol. The highest BCUT2D eigenvalue weighted by atomic mass is 16.4. The highest BCUT2D eigenvalue weighted by molar-refractivity contribution is 5.70. The van der Waals surface area contributed by atoms with Gasteiger partial charge in [0, 0.05) is 11.9 Å². The van der Waals surface area contributed by atoms with Gasteiger partial charge in [0.25, 0.3) is 0 Å². The van der Waals surface area contributed by atoms with E-state index in [0.29, 0.717) is 6.54 Å². The molecule has 0 aliphatic heterocycles. The summed E-state index contributed by atoms with van der Waals surface area (Å²) in [5.74, 6) is -5.25. The van der Waals surface area contributed by atoms with E-state index in [1.54, 1.807) is 20.8 Å². The highest BCUT2D eigenvalue weighted by Crippen LogP contribution is 2.22. The molecule has 0 saturated carbocycles. The van der Waals surface area contributed by atoms with Crippen molar-refractivity contribution in [3.8, 4) is 0 Å². The van der Waals surface area contributed by atoms with Crippen LogP contribution in [-0.2, 0) is 14.4 Å². The standard InChI is InChI=1S/C32H59NO6/c1-5-6-7-8-9-10-11-12-13-14-15-16-17-18-19-20-21-22-23-33(24-27(2)30(34)35,25-28(3)31(36)37)26-29(4)32(38)39/h13-14,27-29H,5-12,15-26H2,1-4H3,(H2-,34,35,36,37,38,39)/b14-13+. The molecular formula is C32H59NO6. The second-order valence-corrected chi connectivity index (χ2v) is 12.0. The van der Waals surface area contributed by atoms with Crippen molar-refractivity contribution >= 4 is 17.9 Å². The number of carbonyl (C=O) groups excluding carboxylic acids is 1. The van der Waals surface area contributed by atoms with Gasteiger partial charge in [-0.2, -0.15) is 0 Å². The predicted molar refractivity (Wildman–Crippen MR) is 156 cm³/mol. The average Bonchev–Trinajstić information content (AvgIpc) is 2.87. The van der Waals surface area contributed by atoms with E-state index >= 15 is 0 Å². The molecule has 7 heteroatoms. The molecule has 0 rings (SSSR count). The minimum atomic E-state index is -1.18. The summed E-state index contributed by atoms with van der Waals surface area (Å²) in [6.45, 7) is 8.23. The van der Waals surface area contributed by atoms with Crippen LogP contribution >= 0.6 is 0 Å². The largest absolute Gasteiger partial charge is 0.550 e. The van der Waals surface area contributed by atoms with Crippen LogP contribution in [0.2, 0.25) is 0 Å². The van der Waals surface area contributed by atoms with Gasteiger partial charge in [0.15, 0.2) is 0 Å². The highest BCUT2D eigenvalue weighted by Gasteiger charge is 2.36. The van der Waals surface area contributed by atoms with Crippen molar-refractivity contribution in [1.29, 1.82) is 0 Å². The summed E-state index contributed by atoms with van der Waals surface area (Å²) in [5.41, 5.74) is 0. The van der Waals surface area contributed by atoms with Crippen LogP contribution in [0.5, 0.6) is 0 Å². The summed E-state index contributed by atoms with van der Waals surface area (Å²) < 4.78 is 0.182. The number of carbonyl (C=O) groups is 3. The average molecular weight is 554 g/mol. The number of rotatable bonds is 27. The molecule has 3 atom stereocenters. The van der Waals surface area contributed by atoms with Crippen LogP contribution in [0.4, 0.5) is 0 Å². The Hall–Kier alpha value is -1.89. The lowest BCUT2D eigenvalue weighted by Gasteiger charge is -2.43. The lowest BCUT2D eigenvalue weighted by atomic mass is 10.0. The fraction of sp³-hybridized carbons (Fsp3) is 0.844. The summed E-state index contributed by atoms with van der Waals surface area (Å²) >= 11 is 0. The molecule has 39 heavy (non-hydrogen) atoms. The van der Waals surface area contributed by atoms with Crippen molar-refractivity contribution in [2.45, 2.75) is 130 Å². The maximum atomic E-state index is 11.6. The zero-order chi connectivity index (χ0) is 29.5. The van der Waals surface area contributed by atoms with E-state index in [0.717, 1.165) is 32.1 Å². The Morgan fingerprint density at radius 2 is 0.974 bits per heavy atom. The van der Waals surface area contributed by atoms with Gasteiger partial charge in [0.1, 0.15) is 11.8 Å². The number of carboxylic acid groups (broad SMARTS) is 3. The van der Waals surface area contributed by atoms with Crippen LogP contribution in [0.15, 0.2) is 12.2 Å². The summed E-state index contributed by atoms with van der Waals surface area (Å²) in [6, 6.07) is 0. The lowest BCUT2D eigenvalue weighted by molar-refractivity contribution is -0.934. The quantitative estimate of drug-likeness (QED) is 0.0686. The molecule has 7 nitrogen and oxygen atoms in total. The maximum Gasteiger partial charge on any atom is 0.311 e. The van der Waals surface area contributed by atoms with Crippen LogP contribution in [0, 0.1) is 17.8 Å². The summed E-state index contributed by atoms with van der Waals surface area (Å²) in [4.78, 5) is 34.7. The second kappa shape index (κ2) is 22.9. The number of hydrogen-bond donors (Lipinski definition) is 2. The van der Waals surface area contributed by atoms with Crippen molar-refractivity contribution < 1.29 is 34.2 Å². The Bertz CT molecular complexity index is 637. The van der Waals surface area contributed by atoms with E-state index in [1.807, 2.05) is 0 Å². The van der Waals surface area contributed by atoms with Crippen LogP contribution in [0.25, 0.3) is 0 Å². The Labute approximate surface area is 238 Å². The molecule has 0 fully saturated rings. The summed E-state index contributed by atoms with van der Waals surface area (Å²) in [6.07, 6.45) is 24.1. The summed E-state index contributed by atoms with van der Waals surface area (Å²) in [5, 5.41) is 30.5. The molecular weight excluding hydrogens is 494 g/mol. The third kappa shape index (κ3) is 19.8. The van der Waals surface area contributed by atoms with E-state index in [4.69, 9.17) is 0 Å². The molecule has 228 valence electrons. The Balaban J connectivity index is 4.40. The fourth-order valence-electron chi connectivity index (χ4n) is 5.52. The topological polar surface area (TPSA) is 115 Å². The van der Waals surface area contributed by atoms with Gasteiger partial charge in [-0.1, -0.05) is 90.2 Å². The Morgan fingerprint density at radius 3 is 1.36 bits per heavy atom. The smallest absolute Gasteiger partial charge is 0.311 e. The van der Waals surface area contributed by atoms with Crippen molar-refractivity contribution in [3.63, 3.8) is 0 Å². The molecule has 0 saturated heterocycles. The minimum absolute atomic E-state index is 0.182. The van der Waals surface area contributed by atoms with Crippen LogP contribution in [0.3, 0.4) is 0 Å². The first-order valence-corrected chi connectivity index (χ1v) is 15.7. The third-order valence-corrected chi connectivity index (χ3v) is 7.87. The number of nitrogens with zero attached hydrogens (tertiary/aromatic N) is 1. The SMILES string of the molecule is CCCCCCCCC/C=C/CCCCCCCCC[N+](CC(C)C(=O)[O-])(CC(C)C(=O)O)CC(C)C(=O)O. The van der Waals surface area contributed by atoms with E-state index in [2.05, 4.69) is 19.1 Å². The molecule has 0 aromatic heterocycles. The van der Waals surface area contributed by atoms with Gasteiger partial charge >= 0.3 is 11.9 Å². The second-order valence-electron chi connectivity index (χ2n) is 12.0. The first-order chi connectivity index (χ1) is 18.5. The molecule has 0 radical (unpaired) electrons. The molecule has 0 bridgehead atoms. The maximum absolute atomic E-state index is 11.6. The van der Waals surface area contributed by atoms with E-state index in [-0.39, 0.29) is 24.1 Å². The van der Waals surface area contributed by atoms with Gasteiger partial charge in [0.05, 0.1) is 26.2 Å². The van der Waals surface area contributed by atoms with Crippen molar-refractivity contribution in [2.24, 2.45) is 17.8 Å². The zero-order valence-electron chi connectivity index (χ0n) is 25.5. The van der Waals surface area contributed by atoms with Gasteiger partial charge in [-0.25, -0.2) is 0 Å². The van der Waals surface area contributed by atoms with Gasteiger partial charge in [-0.15, -0.1) is 0 Å². The first kappa shape index (κ1) is 37.1. The van der Waals surface area contributed by atoms with Gasteiger partial charge in [-0.05, 0) is 52.4 Å². The van der Waals surface area contributed by atoms with Gasteiger partial charge in [-0.3, -0.25) is 9.59 Å². The van der Waals surface area contributed by atoms with Crippen LogP contribution in [-0.4, -0.2) is 58.8 Å². The molecule has 0 amide bonds. The normalized spacial score (nSPS) is 15.6. The third-order valence-electron chi connectivity index (χ3n) is 7.87. The Morgan fingerprint density at radius 1 is 0.615 bits per heavy atom. The molecule has 0 aromatic rings. The molecule has 0 aliphatic rings. The van der Waals surface area contributed by atoms with E-state index < -0.39 is 35.7 Å². The molecule has 0 aliphatic carbocycles. The molecule has 0 spiro atoms. The number of unbranched alkanes of at least 4 members (excludes halogenated alkanes) is 14. The molecule has 0 heterocycles.